The summed E-state index contributed by atoms with van der Waals surface area (Å²) in [5.74, 6) is 0.434. The predicted molar refractivity (Wildman–Crippen MR) is 89.8 cm³/mol. The van der Waals surface area contributed by atoms with E-state index in [0.717, 1.165) is 11.6 Å². The summed E-state index contributed by atoms with van der Waals surface area (Å²) < 4.78 is 50.2. The minimum Gasteiger partial charge on any atom is -0.496 e. The van der Waals surface area contributed by atoms with Crippen molar-refractivity contribution >= 4 is 21.6 Å². The molecule has 2 rings (SSSR count). The fourth-order valence-corrected chi connectivity index (χ4v) is 3.35. The summed E-state index contributed by atoms with van der Waals surface area (Å²) in [6.07, 6.45) is 0. The third kappa shape index (κ3) is 4.59. The Morgan fingerprint density at radius 3 is 2.50 bits per heavy atom. The lowest BCUT2D eigenvalue weighted by Gasteiger charge is -2.11. The van der Waals surface area contributed by atoms with Gasteiger partial charge >= 0.3 is 0 Å². The van der Waals surface area contributed by atoms with Crippen LogP contribution in [0.4, 0.5) is 4.39 Å². The molecule has 0 saturated carbocycles. The van der Waals surface area contributed by atoms with Gasteiger partial charge in [-0.3, -0.25) is 0 Å². The van der Waals surface area contributed by atoms with E-state index in [1.165, 1.54) is 31.4 Å². The van der Waals surface area contributed by atoms with Gasteiger partial charge in [0, 0.05) is 6.54 Å². The highest BCUT2D eigenvalue weighted by molar-refractivity contribution is 7.89. The number of hydrogen-bond donors (Lipinski definition) is 1. The fourth-order valence-electron chi connectivity index (χ4n) is 2.03. The Morgan fingerprint density at radius 1 is 1.17 bits per heavy atom. The zero-order chi connectivity index (χ0) is 17.7. The summed E-state index contributed by atoms with van der Waals surface area (Å²) in [5, 5.41) is 0.128. The molecule has 0 aromatic heterocycles. The van der Waals surface area contributed by atoms with Gasteiger partial charge in [-0.15, -0.1) is 0 Å². The van der Waals surface area contributed by atoms with Gasteiger partial charge in [0.15, 0.2) is 0 Å². The van der Waals surface area contributed by atoms with Crippen LogP contribution in [0, 0.1) is 12.7 Å². The van der Waals surface area contributed by atoms with E-state index in [1.54, 1.807) is 13.0 Å². The van der Waals surface area contributed by atoms with Crippen LogP contribution in [0.3, 0.4) is 0 Å². The number of hydrogen-bond acceptors (Lipinski definition) is 4. The lowest BCUT2D eigenvalue weighted by Crippen LogP contribution is -2.28. The molecule has 0 atom stereocenters. The molecule has 0 aliphatic heterocycles. The van der Waals surface area contributed by atoms with Crippen molar-refractivity contribution in [1.29, 1.82) is 0 Å². The van der Waals surface area contributed by atoms with E-state index in [2.05, 4.69) is 4.72 Å². The third-order valence-corrected chi connectivity index (χ3v) is 4.98. The molecule has 2 aromatic rings. The average molecular weight is 374 g/mol. The number of ether oxygens (including phenoxy) is 2. The number of nitrogens with one attached hydrogen (secondary N) is 1. The van der Waals surface area contributed by atoms with Gasteiger partial charge in [-0.1, -0.05) is 11.6 Å². The zero-order valence-corrected chi connectivity index (χ0v) is 14.7. The van der Waals surface area contributed by atoms with Crippen LogP contribution in [0.1, 0.15) is 5.56 Å². The van der Waals surface area contributed by atoms with Crippen LogP contribution < -0.4 is 14.2 Å². The second-order valence-electron chi connectivity index (χ2n) is 4.95. The number of benzene rings is 2. The second kappa shape index (κ2) is 7.83. The minimum absolute atomic E-state index is 0.0428. The summed E-state index contributed by atoms with van der Waals surface area (Å²) in [6, 6.07) is 8.31. The van der Waals surface area contributed by atoms with E-state index >= 15 is 0 Å². The standard InChI is InChI=1S/C16H17ClFNO4S/c1-11-9-13(4-6-15(11)22-2)24(20,21)19-7-8-23-16-5-3-12(18)10-14(16)17/h3-6,9-10,19H,7-8H2,1-2H3. The van der Waals surface area contributed by atoms with Crippen molar-refractivity contribution in [2.45, 2.75) is 11.8 Å². The maximum atomic E-state index is 12.9. The molecule has 5 nitrogen and oxygen atoms in total. The zero-order valence-electron chi connectivity index (χ0n) is 13.2. The molecule has 8 heteroatoms. The van der Waals surface area contributed by atoms with Crippen molar-refractivity contribution in [1.82, 2.24) is 4.72 Å². The summed E-state index contributed by atoms with van der Waals surface area (Å²) in [4.78, 5) is 0.139. The van der Waals surface area contributed by atoms with Gasteiger partial charge < -0.3 is 9.47 Å². The highest BCUT2D eigenvalue weighted by Gasteiger charge is 2.15. The average Bonchev–Trinajstić information content (AvgIpc) is 2.53. The van der Waals surface area contributed by atoms with E-state index < -0.39 is 15.8 Å². The third-order valence-electron chi connectivity index (χ3n) is 3.22. The first-order valence-electron chi connectivity index (χ1n) is 7.05. The van der Waals surface area contributed by atoms with Crippen molar-refractivity contribution in [3.8, 4) is 11.5 Å². The Hall–Kier alpha value is -1.83. The first kappa shape index (κ1) is 18.5. The van der Waals surface area contributed by atoms with Gasteiger partial charge in [0.1, 0.15) is 23.9 Å². The lowest BCUT2D eigenvalue weighted by atomic mass is 10.2. The Balaban J connectivity index is 1.94. The molecule has 0 bridgehead atoms. The van der Waals surface area contributed by atoms with E-state index in [9.17, 15) is 12.8 Å². The molecule has 0 fully saturated rings. The molecule has 24 heavy (non-hydrogen) atoms. The molecule has 0 saturated heterocycles. The highest BCUT2D eigenvalue weighted by Crippen LogP contribution is 2.24. The van der Waals surface area contributed by atoms with Crippen molar-refractivity contribution in [2.24, 2.45) is 0 Å². The molecule has 1 N–H and O–H groups in total. The molecule has 130 valence electrons. The number of aryl methyl sites for hydroxylation is 1. The lowest BCUT2D eigenvalue weighted by molar-refractivity contribution is 0.322. The topological polar surface area (TPSA) is 64.6 Å². The normalized spacial score (nSPS) is 11.3. The Labute approximate surface area is 145 Å². The quantitative estimate of drug-likeness (QED) is 0.757. The van der Waals surface area contributed by atoms with E-state index in [-0.39, 0.29) is 28.8 Å². The molecule has 0 spiro atoms. The van der Waals surface area contributed by atoms with E-state index in [0.29, 0.717) is 5.75 Å². The first-order valence-corrected chi connectivity index (χ1v) is 8.92. The van der Waals surface area contributed by atoms with Crippen molar-refractivity contribution in [3.05, 3.63) is 52.8 Å². The number of methoxy groups -OCH3 is 1. The van der Waals surface area contributed by atoms with Crippen LogP contribution in [0.25, 0.3) is 0 Å². The Morgan fingerprint density at radius 2 is 1.88 bits per heavy atom. The SMILES string of the molecule is COc1ccc(S(=O)(=O)NCCOc2ccc(F)cc2Cl)cc1C. The molecular weight excluding hydrogens is 357 g/mol. The molecule has 0 heterocycles. The first-order chi connectivity index (χ1) is 11.3. The van der Waals surface area contributed by atoms with E-state index in [4.69, 9.17) is 21.1 Å². The minimum atomic E-state index is -3.66. The van der Waals surface area contributed by atoms with Crippen LogP contribution in [0.5, 0.6) is 11.5 Å². The van der Waals surface area contributed by atoms with Gasteiger partial charge in [0.2, 0.25) is 10.0 Å². The van der Waals surface area contributed by atoms with Crippen LogP contribution >= 0.6 is 11.6 Å². The van der Waals surface area contributed by atoms with Crippen LogP contribution in [-0.4, -0.2) is 28.7 Å². The maximum absolute atomic E-state index is 12.9. The monoisotopic (exact) mass is 373 g/mol. The number of halogens is 2. The second-order valence-corrected chi connectivity index (χ2v) is 7.13. The molecular formula is C16H17ClFNO4S. The smallest absolute Gasteiger partial charge is 0.240 e. The summed E-state index contributed by atoms with van der Waals surface area (Å²) in [6.45, 7) is 1.86. The largest absolute Gasteiger partial charge is 0.496 e. The Bertz CT molecular complexity index is 827. The molecule has 0 radical (unpaired) electrons. The van der Waals surface area contributed by atoms with E-state index in [1.807, 2.05) is 0 Å². The van der Waals surface area contributed by atoms with Crippen molar-refractivity contribution in [2.75, 3.05) is 20.3 Å². The van der Waals surface area contributed by atoms with Crippen molar-refractivity contribution < 1.29 is 22.3 Å². The number of rotatable bonds is 7. The summed E-state index contributed by atoms with van der Waals surface area (Å²) >= 11 is 5.82. The summed E-state index contributed by atoms with van der Waals surface area (Å²) in [5.41, 5.74) is 0.717. The molecule has 0 aliphatic carbocycles. The maximum Gasteiger partial charge on any atom is 0.240 e. The van der Waals surface area contributed by atoms with Gasteiger partial charge in [-0.25, -0.2) is 17.5 Å². The molecule has 2 aromatic carbocycles. The fraction of sp³-hybridized carbons (Fsp3) is 0.250. The Kier molecular flexibility index (Phi) is 6.04. The summed E-state index contributed by atoms with van der Waals surface area (Å²) in [7, 11) is -2.14. The highest BCUT2D eigenvalue weighted by atomic mass is 35.5. The predicted octanol–water partition coefficient (Wildman–Crippen LogP) is 3.15. The van der Waals surface area contributed by atoms with Crippen molar-refractivity contribution in [3.63, 3.8) is 0 Å². The van der Waals surface area contributed by atoms with Gasteiger partial charge in [0.25, 0.3) is 0 Å². The van der Waals surface area contributed by atoms with Crippen LogP contribution in [0.2, 0.25) is 5.02 Å². The van der Waals surface area contributed by atoms with Gasteiger partial charge in [0.05, 0.1) is 17.0 Å². The molecule has 0 unspecified atom stereocenters. The molecule has 0 aliphatic rings. The van der Waals surface area contributed by atoms with Gasteiger partial charge in [-0.2, -0.15) is 0 Å². The van der Waals surface area contributed by atoms with Crippen LogP contribution in [0.15, 0.2) is 41.3 Å². The number of sulfonamides is 1. The van der Waals surface area contributed by atoms with Gasteiger partial charge in [-0.05, 0) is 48.9 Å². The van der Waals surface area contributed by atoms with Crippen LogP contribution in [-0.2, 0) is 10.0 Å². The molecule has 0 amide bonds.